The minimum absolute atomic E-state index is 0.171. The van der Waals surface area contributed by atoms with Crippen LogP contribution in [0.5, 0.6) is 0 Å². The molecule has 1 saturated carbocycles. The average molecular weight is 254 g/mol. The van der Waals surface area contributed by atoms with Crippen LogP contribution in [-0.4, -0.2) is 47.1 Å². The van der Waals surface area contributed by atoms with Gasteiger partial charge in [-0.3, -0.25) is 14.5 Å². The van der Waals surface area contributed by atoms with Gasteiger partial charge in [-0.15, -0.1) is 0 Å². The molecule has 3 unspecified atom stereocenters. The molecule has 0 radical (unpaired) electrons. The highest BCUT2D eigenvalue weighted by Crippen LogP contribution is 2.39. The predicted octanol–water partition coefficient (Wildman–Crippen LogP) is 0.840. The van der Waals surface area contributed by atoms with Gasteiger partial charge in [0.05, 0.1) is 6.54 Å². The molecule has 2 rings (SSSR count). The third kappa shape index (κ3) is 3.02. The molecular formula is C13H22N2O3. The number of likely N-dealkylation sites (tertiary alicyclic amines) is 1. The van der Waals surface area contributed by atoms with Crippen molar-refractivity contribution in [2.45, 2.75) is 51.1 Å². The van der Waals surface area contributed by atoms with Gasteiger partial charge in [0.1, 0.15) is 6.54 Å². The van der Waals surface area contributed by atoms with Crippen molar-refractivity contribution in [2.24, 2.45) is 5.92 Å². The summed E-state index contributed by atoms with van der Waals surface area (Å²) in [7, 11) is 0. The smallest absolute Gasteiger partial charge is 0.322 e. The van der Waals surface area contributed by atoms with E-state index in [0.29, 0.717) is 18.6 Å². The molecule has 0 aromatic rings. The number of fused-ring (bicyclic) bond motifs is 1. The Morgan fingerprint density at radius 3 is 2.78 bits per heavy atom. The monoisotopic (exact) mass is 254 g/mol. The molecular weight excluding hydrogens is 232 g/mol. The van der Waals surface area contributed by atoms with Crippen molar-refractivity contribution in [1.29, 1.82) is 0 Å². The average Bonchev–Trinajstić information content (AvgIpc) is 2.64. The minimum Gasteiger partial charge on any atom is -0.480 e. The SMILES string of the molecule is CC1CC2CCCCC2N1CC(=O)NCC(=O)O. The molecule has 1 aliphatic heterocycles. The van der Waals surface area contributed by atoms with Crippen LogP contribution in [0.15, 0.2) is 0 Å². The van der Waals surface area contributed by atoms with Crippen LogP contribution in [0.4, 0.5) is 0 Å². The van der Waals surface area contributed by atoms with Crippen molar-refractivity contribution in [3.8, 4) is 0 Å². The third-order valence-corrected chi connectivity index (χ3v) is 4.27. The number of hydrogen-bond donors (Lipinski definition) is 2. The number of aliphatic carboxylic acids is 1. The van der Waals surface area contributed by atoms with Crippen LogP contribution >= 0.6 is 0 Å². The lowest BCUT2D eigenvalue weighted by Gasteiger charge is -2.32. The maximum absolute atomic E-state index is 11.7. The summed E-state index contributed by atoms with van der Waals surface area (Å²) in [6, 6.07) is 0.970. The molecule has 5 heteroatoms. The van der Waals surface area contributed by atoms with Crippen LogP contribution in [0.3, 0.4) is 0 Å². The van der Waals surface area contributed by atoms with E-state index < -0.39 is 5.97 Å². The first kappa shape index (κ1) is 13.3. The Morgan fingerprint density at radius 2 is 2.06 bits per heavy atom. The number of nitrogens with one attached hydrogen (secondary N) is 1. The van der Waals surface area contributed by atoms with Gasteiger partial charge in [0.15, 0.2) is 0 Å². The van der Waals surface area contributed by atoms with Crippen LogP contribution in [0.1, 0.15) is 39.0 Å². The molecule has 2 fully saturated rings. The van der Waals surface area contributed by atoms with Gasteiger partial charge in [0, 0.05) is 12.1 Å². The molecule has 18 heavy (non-hydrogen) atoms. The Kier molecular flexibility index (Phi) is 4.22. The van der Waals surface area contributed by atoms with E-state index in [0.717, 1.165) is 5.92 Å². The number of amides is 1. The maximum atomic E-state index is 11.7. The van der Waals surface area contributed by atoms with Crippen LogP contribution in [0.25, 0.3) is 0 Å². The largest absolute Gasteiger partial charge is 0.480 e. The summed E-state index contributed by atoms with van der Waals surface area (Å²) in [5.41, 5.74) is 0. The van der Waals surface area contributed by atoms with Crippen LogP contribution < -0.4 is 5.32 Å². The van der Waals surface area contributed by atoms with Gasteiger partial charge in [0.25, 0.3) is 0 Å². The molecule has 2 N–H and O–H groups in total. The first-order chi connectivity index (χ1) is 8.58. The summed E-state index contributed by atoms with van der Waals surface area (Å²) < 4.78 is 0. The number of carboxylic acid groups (broad SMARTS) is 1. The van der Waals surface area contributed by atoms with Gasteiger partial charge in [-0.05, 0) is 32.1 Å². The normalized spacial score (nSPS) is 31.9. The molecule has 1 saturated heterocycles. The van der Waals surface area contributed by atoms with Crippen LogP contribution in [-0.2, 0) is 9.59 Å². The molecule has 2 aliphatic rings. The number of carbonyl (C=O) groups is 2. The fraction of sp³-hybridized carbons (Fsp3) is 0.846. The maximum Gasteiger partial charge on any atom is 0.322 e. The standard InChI is InChI=1S/C13H22N2O3/c1-9-6-10-4-2-3-5-11(10)15(9)8-12(16)14-7-13(17)18/h9-11H,2-8H2,1H3,(H,14,16)(H,17,18). The second-order valence-corrected chi connectivity index (χ2v) is 5.54. The van der Waals surface area contributed by atoms with Crippen LogP contribution in [0, 0.1) is 5.92 Å². The van der Waals surface area contributed by atoms with Crippen molar-refractivity contribution >= 4 is 11.9 Å². The van der Waals surface area contributed by atoms with Gasteiger partial charge in [-0.25, -0.2) is 0 Å². The minimum atomic E-state index is -0.992. The number of hydrogen-bond acceptors (Lipinski definition) is 3. The Morgan fingerprint density at radius 1 is 1.33 bits per heavy atom. The van der Waals surface area contributed by atoms with Crippen molar-refractivity contribution in [2.75, 3.05) is 13.1 Å². The summed E-state index contributed by atoms with van der Waals surface area (Å²) in [6.07, 6.45) is 6.20. The van der Waals surface area contributed by atoms with E-state index in [2.05, 4.69) is 17.1 Å². The first-order valence-corrected chi connectivity index (χ1v) is 6.82. The van der Waals surface area contributed by atoms with Gasteiger partial charge < -0.3 is 10.4 Å². The first-order valence-electron chi connectivity index (χ1n) is 6.82. The highest BCUT2D eigenvalue weighted by Gasteiger charge is 2.40. The zero-order valence-corrected chi connectivity index (χ0v) is 10.9. The van der Waals surface area contributed by atoms with Crippen molar-refractivity contribution in [3.05, 3.63) is 0 Å². The van der Waals surface area contributed by atoms with E-state index in [1.807, 2.05) is 0 Å². The number of nitrogens with zero attached hydrogens (tertiary/aromatic N) is 1. The van der Waals surface area contributed by atoms with E-state index in [-0.39, 0.29) is 12.5 Å². The lowest BCUT2D eigenvalue weighted by atomic mass is 9.85. The Hall–Kier alpha value is -1.10. The fourth-order valence-corrected chi connectivity index (χ4v) is 3.47. The molecule has 0 bridgehead atoms. The summed E-state index contributed by atoms with van der Waals surface area (Å²) in [5, 5.41) is 11.0. The van der Waals surface area contributed by atoms with E-state index in [1.54, 1.807) is 0 Å². The van der Waals surface area contributed by atoms with Gasteiger partial charge >= 0.3 is 5.97 Å². The van der Waals surface area contributed by atoms with E-state index in [9.17, 15) is 9.59 Å². The molecule has 0 aromatic carbocycles. The molecule has 1 aliphatic carbocycles. The van der Waals surface area contributed by atoms with E-state index in [4.69, 9.17) is 5.11 Å². The molecule has 102 valence electrons. The van der Waals surface area contributed by atoms with E-state index >= 15 is 0 Å². The molecule has 0 spiro atoms. The zero-order chi connectivity index (χ0) is 13.1. The van der Waals surface area contributed by atoms with Crippen molar-refractivity contribution in [1.82, 2.24) is 10.2 Å². The highest BCUT2D eigenvalue weighted by atomic mass is 16.4. The Balaban J connectivity index is 1.87. The van der Waals surface area contributed by atoms with Gasteiger partial charge in [0.2, 0.25) is 5.91 Å². The van der Waals surface area contributed by atoms with Crippen LogP contribution in [0.2, 0.25) is 0 Å². The molecule has 1 heterocycles. The Labute approximate surface area is 108 Å². The topological polar surface area (TPSA) is 69.6 Å². The Bertz CT molecular complexity index is 332. The molecule has 0 aromatic heterocycles. The lowest BCUT2D eigenvalue weighted by Crippen LogP contribution is -2.45. The molecule has 1 amide bonds. The fourth-order valence-electron chi connectivity index (χ4n) is 3.47. The summed E-state index contributed by atoms with van der Waals surface area (Å²) in [5.74, 6) is -0.426. The van der Waals surface area contributed by atoms with Gasteiger partial charge in [-0.1, -0.05) is 12.8 Å². The molecule has 3 atom stereocenters. The second kappa shape index (κ2) is 5.69. The van der Waals surface area contributed by atoms with Crippen molar-refractivity contribution in [3.63, 3.8) is 0 Å². The second-order valence-electron chi connectivity index (χ2n) is 5.54. The van der Waals surface area contributed by atoms with Crippen molar-refractivity contribution < 1.29 is 14.7 Å². The summed E-state index contributed by atoms with van der Waals surface area (Å²) in [6.45, 7) is 2.23. The molecule has 5 nitrogen and oxygen atoms in total. The number of carbonyl (C=O) groups excluding carboxylic acids is 1. The lowest BCUT2D eigenvalue weighted by molar-refractivity contribution is -0.138. The third-order valence-electron chi connectivity index (χ3n) is 4.27. The number of carboxylic acids is 1. The predicted molar refractivity (Wildman–Crippen MR) is 67.2 cm³/mol. The quantitative estimate of drug-likeness (QED) is 0.780. The highest BCUT2D eigenvalue weighted by molar-refractivity contribution is 5.82. The zero-order valence-electron chi connectivity index (χ0n) is 10.9. The van der Waals surface area contributed by atoms with E-state index in [1.165, 1.54) is 32.1 Å². The van der Waals surface area contributed by atoms with Gasteiger partial charge in [-0.2, -0.15) is 0 Å². The summed E-state index contributed by atoms with van der Waals surface area (Å²) in [4.78, 5) is 24.4. The summed E-state index contributed by atoms with van der Waals surface area (Å²) >= 11 is 0. The number of rotatable bonds is 4.